The second kappa shape index (κ2) is 11.9. The Morgan fingerprint density at radius 2 is 1.04 bits per heavy atom. The van der Waals surface area contributed by atoms with Crippen LogP contribution in [0.25, 0.3) is 80.3 Å². The van der Waals surface area contributed by atoms with Crippen molar-refractivity contribution >= 4 is 91.9 Å². The zero-order valence-corrected chi connectivity index (χ0v) is 29.6. The number of aromatic nitrogens is 1. The number of hydrogen-bond donors (Lipinski definition) is 0. The summed E-state index contributed by atoms with van der Waals surface area (Å²) < 4.78 is 5.00. The van der Waals surface area contributed by atoms with Gasteiger partial charge in [-0.2, -0.15) is 0 Å². The second-order valence-corrected chi connectivity index (χ2v) is 14.8. The quantitative estimate of drug-likeness (QED) is 0.174. The first-order chi connectivity index (χ1) is 26.3. The van der Waals surface area contributed by atoms with Gasteiger partial charge in [-0.3, -0.25) is 0 Å². The van der Waals surface area contributed by atoms with E-state index in [-0.39, 0.29) is 0 Å². The number of fused-ring (bicyclic) bond motifs is 8. The lowest BCUT2D eigenvalue weighted by Crippen LogP contribution is -2.10. The number of rotatable bonds is 5. The van der Waals surface area contributed by atoms with Gasteiger partial charge in [-0.1, -0.05) is 133 Å². The normalized spacial score (nSPS) is 11.8. The van der Waals surface area contributed by atoms with Gasteiger partial charge in [0.2, 0.25) is 0 Å². The largest absolute Gasteiger partial charge is 0.310 e. The maximum absolute atomic E-state index is 2.44. The standard InChI is InChI=1S/C50H32N2S/c1-2-14-36(15-3-1)52-47-21-8-6-16-42(47)43-28-25-35(31-48(43)52)39-18-10-20-41-40(39)19-11-22-46(41)51(37-26-24-33-12-4-5-13-34(33)30-37)38-27-29-45-44-17-7-9-23-49(44)53-50(45)32-38/h1-32H. The lowest BCUT2D eigenvalue weighted by molar-refractivity contribution is 1.18. The summed E-state index contributed by atoms with van der Waals surface area (Å²) in [6.07, 6.45) is 0. The maximum Gasteiger partial charge on any atom is 0.0547 e. The summed E-state index contributed by atoms with van der Waals surface area (Å²) in [5.41, 5.74) is 9.43. The third-order valence-electron chi connectivity index (χ3n) is 10.8. The molecule has 0 aliphatic rings. The molecule has 2 aromatic heterocycles. The average molecular weight is 693 g/mol. The molecular formula is C50H32N2S. The Labute approximate surface area is 311 Å². The third-order valence-corrected chi connectivity index (χ3v) is 11.9. The van der Waals surface area contributed by atoms with E-state index in [1.165, 1.54) is 74.6 Å². The first-order valence-corrected chi connectivity index (χ1v) is 18.9. The van der Waals surface area contributed by atoms with Crippen molar-refractivity contribution in [2.45, 2.75) is 0 Å². The van der Waals surface area contributed by atoms with Crippen molar-refractivity contribution in [3.63, 3.8) is 0 Å². The van der Waals surface area contributed by atoms with E-state index in [4.69, 9.17) is 0 Å². The van der Waals surface area contributed by atoms with Crippen LogP contribution >= 0.6 is 11.3 Å². The van der Waals surface area contributed by atoms with Crippen LogP contribution in [0.1, 0.15) is 0 Å². The van der Waals surface area contributed by atoms with Crippen LogP contribution in [0.3, 0.4) is 0 Å². The number of para-hydroxylation sites is 2. The molecule has 0 saturated heterocycles. The van der Waals surface area contributed by atoms with Crippen LogP contribution in [-0.4, -0.2) is 4.57 Å². The Balaban J connectivity index is 1.13. The van der Waals surface area contributed by atoms with E-state index in [1.807, 2.05) is 11.3 Å². The second-order valence-electron chi connectivity index (χ2n) is 13.7. The highest BCUT2D eigenvalue weighted by atomic mass is 32.1. The van der Waals surface area contributed by atoms with Crippen LogP contribution in [0.2, 0.25) is 0 Å². The van der Waals surface area contributed by atoms with Crippen molar-refractivity contribution < 1.29 is 0 Å². The first-order valence-electron chi connectivity index (χ1n) is 18.1. The monoisotopic (exact) mass is 692 g/mol. The van der Waals surface area contributed by atoms with E-state index < -0.39 is 0 Å². The molecular weight excluding hydrogens is 661 g/mol. The molecule has 248 valence electrons. The molecule has 2 heterocycles. The van der Waals surface area contributed by atoms with Gasteiger partial charge < -0.3 is 9.47 Å². The van der Waals surface area contributed by atoms with Crippen molar-refractivity contribution in [3.8, 4) is 16.8 Å². The Morgan fingerprint density at radius 3 is 1.96 bits per heavy atom. The molecule has 0 aliphatic heterocycles. The summed E-state index contributed by atoms with van der Waals surface area (Å²) in [6.45, 7) is 0. The number of nitrogens with zero attached hydrogens (tertiary/aromatic N) is 2. The molecule has 2 nitrogen and oxygen atoms in total. The molecule has 11 rings (SSSR count). The van der Waals surface area contributed by atoms with Crippen LogP contribution in [-0.2, 0) is 0 Å². The maximum atomic E-state index is 2.44. The highest BCUT2D eigenvalue weighted by Crippen LogP contribution is 2.45. The van der Waals surface area contributed by atoms with Gasteiger partial charge in [0.1, 0.15) is 0 Å². The molecule has 0 atom stereocenters. The lowest BCUT2D eigenvalue weighted by Gasteiger charge is -2.27. The predicted molar refractivity (Wildman–Crippen MR) is 229 cm³/mol. The van der Waals surface area contributed by atoms with Crippen molar-refractivity contribution in [2.24, 2.45) is 0 Å². The average Bonchev–Trinajstić information content (AvgIpc) is 3.76. The van der Waals surface area contributed by atoms with E-state index in [1.54, 1.807) is 0 Å². The van der Waals surface area contributed by atoms with Crippen molar-refractivity contribution in [2.75, 3.05) is 4.90 Å². The summed E-state index contributed by atoms with van der Waals surface area (Å²) in [4.78, 5) is 2.44. The fraction of sp³-hybridized carbons (Fsp3) is 0. The fourth-order valence-electron chi connectivity index (χ4n) is 8.33. The van der Waals surface area contributed by atoms with E-state index in [9.17, 15) is 0 Å². The number of benzene rings is 9. The minimum absolute atomic E-state index is 1.14. The molecule has 53 heavy (non-hydrogen) atoms. The topological polar surface area (TPSA) is 8.17 Å². The zero-order valence-electron chi connectivity index (χ0n) is 28.8. The Hall–Kier alpha value is -6.68. The molecule has 0 amide bonds. The number of hydrogen-bond acceptors (Lipinski definition) is 2. The predicted octanol–water partition coefficient (Wildman–Crippen LogP) is 14.6. The summed E-state index contributed by atoms with van der Waals surface area (Å²) in [5.74, 6) is 0. The van der Waals surface area contributed by atoms with Crippen LogP contribution in [0.4, 0.5) is 17.1 Å². The molecule has 9 aromatic carbocycles. The van der Waals surface area contributed by atoms with Gasteiger partial charge in [0.15, 0.2) is 0 Å². The summed E-state index contributed by atoms with van der Waals surface area (Å²) in [7, 11) is 0. The molecule has 0 fully saturated rings. The van der Waals surface area contributed by atoms with Gasteiger partial charge in [-0.15, -0.1) is 11.3 Å². The molecule has 0 aliphatic carbocycles. The van der Waals surface area contributed by atoms with E-state index in [0.717, 1.165) is 22.7 Å². The minimum atomic E-state index is 1.14. The molecule has 0 spiro atoms. The smallest absolute Gasteiger partial charge is 0.0547 e. The summed E-state index contributed by atoms with van der Waals surface area (Å²) >= 11 is 1.86. The first kappa shape index (κ1) is 30.0. The van der Waals surface area contributed by atoms with Gasteiger partial charge in [0.25, 0.3) is 0 Å². The Kier molecular flexibility index (Phi) is 6.76. The lowest BCUT2D eigenvalue weighted by atomic mass is 9.96. The van der Waals surface area contributed by atoms with Crippen molar-refractivity contribution in [1.82, 2.24) is 4.57 Å². The molecule has 0 radical (unpaired) electrons. The van der Waals surface area contributed by atoms with E-state index in [0.29, 0.717) is 0 Å². The van der Waals surface area contributed by atoms with Gasteiger partial charge in [0, 0.05) is 53.4 Å². The Bertz CT molecular complexity index is 3190. The number of thiophene rings is 1. The molecule has 3 heteroatoms. The molecule has 0 bridgehead atoms. The van der Waals surface area contributed by atoms with Gasteiger partial charge in [-0.25, -0.2) is 0 Å². The highest BCUT2D eigenvalue weighted by molar-refractivity contribution is 7.25. The Morgan fingerprint density at radius 1 is 0.377 bits per heavy atom. The fourth-order valence-corrected chi connectivity index (χ4v) is 9.47. The summed E-state index contributed by atoms with van der Waals surface area (Å²) in [5, 5.41) is 10.0. The van der Waals surface area contributed by atoms with E-state index in [2.05, 4.69) is 204 Å². The van der Waals surface area contributed by atoms with Gasteiger partial charge in [0.05, 0.1) is 16.7 Å². The molecule has 0 unspecified atom stereocenters. The van der Waals surface area contributed by atoms with Crippen molar-refractivity contribution in [3.05, 3.63) is 194 Å². The van der Waals surface area contributed by atoms with Gasteiger partial charge in [-0.05, 0) is 87.9 Å². The number of anilines is 3. The third kappa shape index (κ3) is 4.78. The molecule has 11 aromatic rings. The molecule has 0 N–H and O–H groups in total. The van der Waals surface area contributed by atoms with Crippen LogP contribution in [0.15, 0.2) is 194 Å². The van der Waals surface area contributed by atoms with Crippen LogP contribution < -0.4 is 4.90 Å². The highest BCUT2D eigenvalue weighted by Gasteiger charge is 2.19. The van der Waals surface area contributed by atoms with Crippen LogP contribution in [0.5, 0.6) is 0 Å². The summed E-state index contributed by atoms with van der Waals surface area (Å²) in [6, 6.07) is 71.1. The molecule has 0 saturated carbocycles. The SMILES string of the molecule is c1ccc(-n2c3ccccc3c3ccc(-c4cccc5c(N(c6ccc7ccccc7c6)c6ccc7c(c6)sc6ccccc67)cccc45)cc32)cc1. The van der Waals surface area contributed by atoms with Crippen LogP contribution in [0, 0.1) is 0 Å². The van der Waals surface area contributed by atoms with E-state index >= 15 is 0 Å². The minimum Gasteiger partial charge on any atom is -0.310 e. The van der Waals surface area contributed by atoms with Crippen molar-refractivity contribution in [1.29, 1.82) is 0 Å². The van der Waals surface area contributed by atoms with Gasteiger partial charge >= 0.3 is 0 Å². The zero-order chi connectivity index (χ0) is 34.9.